The molecule has 0 spiro atoms. The number of urea groups is 1. The number of amides is 2. The fourth-order valence-corrected chi connectivity index (χ4v) is 2.07. The summed E-state index contributed by atoms with van der Waals surface area (Å²) >= 11 is 0. The maximum absolute atomic E-state index is 11.9. The van der Waals surface area contributed by atoms with Crippen molar-refractivity contribution in [1.29, 1.82) is 0 Å². The number of hydrogen-bond acceptors (Lipinski definition) is 3. The van der Waals surface area contributed by atoms with E-state index in [9.17, 15) is 4.79 Å². The van der Waals surface area contributed by atoms with E-state index >= 15 is 0 Å². The molecule has 2 fully saturated rings. The first-order chi connectivity index (χ1) is 7.79. The summed E-state index contributed by atoms with van der Waals surface area (Å²) in [4.78, 5) is 13.8. The summed E-state index contributed by atoms with van der Waals surface area (Å²) in [6, 6.07) is 0.215. The Balaban J connectivity index is 1.79. The van der Waals surface area contributed by atoms with Gasteiger partial charge in [-0.15, -0.1) is 0 Å². The number of rotatable bonds is 2. The van der Waals surface area contributed by atoms with Crippen LogP contribution in [0.3, 0.4) is 0 Å². The molecule has 5 nitrogen and oxygen atoms in total. The fourth-order valence-electron chi connectivity index (χ4n) is 2.07. The highest BCUT2D eigenvalue weighted by Gasteiger charge is 2.25. The molecule has 2 unspecified atom stereocenters. The van der Waals surface area contributed by atoms with Gasteiger partial charge in [-0.05, 0) is 12.8 Å². The Morgan fingerprint density at radius 1 is 1.50 bits per heavy atom. The summed E-state index contributed by atoms with van der Waals surface area (Å²) in [5.41, 5.74) is 0. The van der Waals surface area contributed by atoms with Gasteiger partial charge in [-0.1, -0.05) is 6.92 Å². The Morgan fingerprint density at radius 3 is 3.06 bits per heavy atom. The van der Waals surface area contributed by atoms with Gasteiger partial charge in [0.05, 0.1) is 25.4 Å². The first-order valence-electron chi connectivity index (χ1n) is 6.04. The molecule has 0 aromatic heterocycles. The molecule has 2 atom stereocenters. The second-order valence-electron chi connectivity index (χ2n) is 4.36. The van der Waals surface area contributed by atoms with Gasteiger partial charge in [-0.3, -0.25) is 0 Å². The number of carbonyl (C=O) groups is 1. The SMILES string of the molecule is CCC1CN(C(=O)NC2CCOC2)CCO1. The third-order valence-electron chi connectivity index (χ3n) is 3.14. The van der Waals surface area contributed by atoms with Crippen molar-refractivity contribution in [3.05, 3.63) is 0 Å². The standard InChI is InChI=1S/C11H20N2O3/c1-2-10-7-13(4-6-16-10)11(14)12-9-3-5-15-8-9/h9-10H,2-8H2,1H3,(H,12,14). The van der Waals surface area contributed by atoms with Gasteiger partial charge in [-0.25, -0.2) is 4.79 Å². The van der Waals surface area contributed by atoms with Crippen LogP contribution in [0.4, 0.5) is 4.79 Å². The van der Waals surface area contributed by atoms with Gasteiger partial charge in [0.25, 0.3) is 0 Å². The van der Waals surface area contributed by atoms with E-state index in [4.69, 9.17) is 9.47 Å². The van der Waals surface area contributed by atoms with Gasteiger partial charge in [0.15, 0.2) is 0 Å². The molecule has 0 radical (unpaired) electrons. The molecule has 2 amide bonds. The maximum Gasteiger partial charge on any atom is 0.317 e. The van der Waals surface area contributed by atoms with E-state index in [1.54, 1.807) is 0 Å². The maximum atomic E-state index is 11.9. The molecule has 1 N–H and O–H groups in total. The summed E-state index contributed by atoms with van der Waals surface area (Å²) in [7, 11) is 0. The van der Waals surface area contributed by atoms with Crippen molar-refractivity contribution in [2.24, 2.45) is 0 Å². The number of hydrogen-bond donors (Lipinski definition) is 1. The predicted octanol–water partition coefficient (Wildman–Crippen LogP) is 0.596. The minimum absolute atomic E-state index is 0.0252. The van der Waals surface area contributed by atoms with Crippen molar-refractivity contribution in [1.82, 2.24) is 10.2 Å². The average molecular weight is 228 g/mol. The monoisotopic (exact) mass is 228 g/mol. The highest BCUT2D eigenvalue weighted by atomic mass is 16.5. The molecule has 0 bridgehead atoms. The molecule has 16 heavy (non-hydrogen) atoms. The van der Waals surface area contributed by atoms with E-state index in [1.165, 1.54) is 0 Å². The van der Waals surface area contributed by atoms with Crippen LogP contribution in [-0.4, -0.2) is 56.0 Å². The number of nitrogens with one attached hydrogen (secondary N) is 1. The van der Waals surface area contributed by atoms with Gasteiger partial charge in [-0.2, -0.15) is 0 Å². The number of carbonyl (C=O) groups excluding carboxylic acids is 1. The summed E-state index contributed by atoms with van der Waals surface area (Å²) in [5, 5.41) is 3.00. The van der Waals surface area contributed by atoms with Crippen LogP contribution in [0.15, 0.2) is 0 Å². The first-order valence-corrected chi connectivity index (χ1v) is 6.04. The fraction of sp³-hybridized carbons (Fsp3) is 0.909. The van der Waals surface area contributed by atoms with E-state index in [0.29, 0.717) is 26.3 Å². The van der Waals surface area contributed by atoms with E-state index in [-0.39, 0.29) is 18.2 Å². The van der Waals surface area contributed by atoms with Gasteiger partial charge in [0, 0.05) is 19.7 Å². The third-order valence-corrected chi connectivity index (χ3v) is 3.14. The van der Waals surface area contributed by atoms with Crippen LogP contribution >= 0.6 is 0 Å². The van der Waals surface area contributed by atoms with Crippen LogP contribution in [0.5, 0.6) is 0 Å². The molecule has 5 heteroatoms. The smallest absolute Gasteiger partial charge is 0.317 e. The lowest BCUT2D eigenvalue weighted by atomic mass is 10.2. The highest BCUT2D eigenvalue weighted by Crippen LogP contribution is 2.10. The van der Waals surface area contributed by atoms with Crippen molar-refractivity contribution >= 4 is 6.03 Å². The first kappa shape index (κ1) is 11.7. The zero-order valence-corrected chi connectivity index (χ0v) is 9.78. The number of ether oxygens (including phenoxy) is 2. The summed E-state index contributed by atoms with van der Waals surface area (Å²) < 4.78 is 10.8. The zero-order valence-electron chi connectivity index (χ0n) is 9.78. The topological polar surface area (TPSA) is 50.8 Å². The van der Waals surface area contributed by atoms with Crippen molar-refractivity contribution in [3.63, 3.8) is 0 Å². The van der Waals surface area contributed by atoms with Gasteiger partial charge in [0.1, 0.15) is 0 Å². The molecular weight excluding hydrogens is 208 g/mol. The Kier molecular flexibility index (Phi) is 4.01. The second-order valence-corrected chi connectivity index (χ2v) is 4.36. The van der Waals surface area contributed by atoms with Gasteiger partial charge >= 0.3 is 6.03 Å². The molecule has 0 saturated carbocycles. The molecule has 0 aromatic rings. The van der Waals surface area contributed by atoms with E-state index in [2.05, 4.69) is 12.2 Å². The molecule has 2 aliphatic heterocycles. The van der Waals surface area contributed by atoms with Crippen LogP contribution in [-0.2, 0) is 9.47 Å². The molecule has 2 heterocycles. The lowest BCUT2D eigenvalue weighted by Gasteiger charge is -2.33. The third kappa shape index (κ3) is 2.86. The Labute approximate surface area is 96.1 Å². The quantitative estimate of drug-likeness (QED) is 0.753. The molecule has 2 rings (SSSR count). The van der Waals surface area contributed by atoms with Crippen molar-refractivity contribution in [3.8, 4) is 0 Å². The number of nitrogens with zero attached hydrogens (tertiary/aromatic N) is 1. The van der Waals surface area contributed by atoms with Crippen LogP contribution in [0, 0.1) is 0 Å². The molecule has 0 aliphatic carbocycles. The van der Waals surface area contributed by atoms with Crippen LogP contribution in [0.2, 0.25) is 0 Å². The predicted molar refractivity (Wildman–Crippen MR) is 59.4 cm³/mol. The Hall–Kier alpha value is -0.810. The Bertz CT molecular complexity index is 241. The van der Waals surface area contributed by atoms with Crippen LogP contribution in [0.1, 0.15) is 19.8 Å². The van der Waals surface area contributed by atoms with E-state index in [0.717, 1.165) is 19.4 Å². The Morgan fingerprint density at radius 2 is 2.38 bits per heavy atom. The molecule has 0 aromatic carbocycles. The van der Waals surface area contributed by atoms with Gasteiger partial charge in [0.2, 0.25) is 0 Å². The average Bonchev–Trinajstić information content (AvgIpc) is 2.82. The lowest BCUT2D eigenvalue weighted by Crippen LogP contribution is -2.51. The number of morpholine rings is 1. The lowest BCUT2D eigenvalue weighted by molar-refractivity contribution is -0.0157. The largest absolute Gasteiger partial charge is 0.379 e. The van der Waals surface area contributed by atoms with Crippen molar-refractivity contribution < 1.29 is 14.3 Å². The van der Waals surface area contributed by atoms with Gasteiger partial charge < -0.3 is 19.7 Å². The summed E-state index contributed by atoms with van der Waals surface area (Å²) in [6.07, 6.45) is 2.07. The second kappa shape index (κ2) is 5.50. The normalized spacial score (nSPS) is 30.4. The van der Waals surface area contributed by atoms with E-state index in [1.807, 2.05) is 4.90 Å². The summed E-state index contributed by atoms with van der Waals surface area (Å²) in [5.74, 6) is 0. The molecule has 92 valence electrons. The molecule has 2 saturated heterocycles. The minimum Gasteiger partial charge on any atom is -0.379 e. The van der Waals surface area contributed by atoms with Crippen LogP contribution < -0.4 is 5.32 Å². The minimum atomic E-state index is 0.0252. The van der Waals surface area contributed by atoms with Crippen LogP contribution in [0.25, 0.3) is 0 Å². The highest BCUT2D eigenvalue weighted by molar-refractivity contribution is 5.74. The molecular formula is C11H20N2O3. The van der Waals surface area contributed by atoms with Crippen molar-refractivity contribution in [2.45, 2.75) is 31.9 Å². The summed E-state index contributed by atoms with van der Waals surface area (Å²) in [6.45, 7) is 5.52. The van der Waals surface area contributed by atoms with Crippen molar-refractivity contribution in [2.75, 3.05) is 32.9 Å². The molecule has 2 aliphatic rings. The zero-order chi connectivity index (χ0) is 11.4. The van der Waals surface area contributed by atoms with E-state index < -0.39 is 0 Å².